The maximum atomic E-state index is 11.6. The highest BCUT2D eigenvalue weighted by molar-refractivity contribution is 5.75. The first-order valence-electron chi connectivity index (χ1n) is 6.99. The predicted octanol–water partition coefficient (Wildman–Crippen LogP) is 2.12. The van der Waals surface area contributed by atoms with Crippen LogP contribution in [0.1, 0.15) is 46.5 Å². The van der Waals surface area contributed by atoms with Gasteiger partial charge in [0.2, 0.25) is 0 Å². The topological polar surface area (TPSA) is 49.4 Å². The predicted molar refractivity (Wildman–Crippen MR) is 77.5 cm³/mol. The third-order valence-corrected chi connectivity index (χ3v) is 3.30. The molecule has 102 valence electrons. The minimum atomic E-state index is -0.354. The van der Waals surface area contributed by atoms with Crippen LogP contribution in [0.2, 0.25) is 0 Å². The number of nitrogens with one attached hydrogen (secondary N) is 1. The Bertz CT molecular complexity index is 429. The molecule has 0 aliphatic rings. The zero-order valence-corrected chi connectivity index (χ0v) is 11.7. The van der Waals surface area contributed by atoms with Crippen LogP contribution in [0, 0.1) is 0 Å². The van der Waals surface area contributed by atoms with Crippen LogP contribution in [0.5, 0.6) is 0 Å². The summed E-state index contributed by atoms with van der Waals surface area (Å²) in [6.45, 7) is 8.44. The van der Waals surface area contributed by atoms with Crippen molar-refractivity contribution < 1.29 is 0 Å². The van der Waals surface area contributed by atoms with E-state index in [1.54, 1.807) is 0 Å². The number of nitrogens with zero attached hydrogens (tertiary/aromatic N) is 1. The van der Waals surface area contributed by atoms with Gasteiger partial charge in [0.1, 0.15) is 11.4 Å². The third-order valence-electron chi connectivity index (χ3n) is 3.30. The molecule has 1 aromatic rings. The minimum Gasteiger partial charge on any atom is -0.380 e. The van der Waals surface area contributed by atoms with E-state index in [-0.39, 0.29) is 10.9 Å². The Morgan fingerprint density at radius 2 is 1.61 bits per heavy atom. The fraction of sp³-hybridized carbons (Fsp3) is 0.714. The highest BCUT2D eigenvalue weighted by Gasteiger charge is 2.23. The van der Waals surface area contributed by atoms with Crippen molar-refractivity contribution in [2.24, 2.45) is 0 Å². The lowest BCUT2D eigenvalue weighted by Crippen LogP contribution is -2.42. The SMILES string of the molecule is CCCCCCNc1c(N(CC)CC)c(=O)c1=O. The molecule has 1 aromatic carbocycles. The van der Waals surface area contributed by atoms with Gasteiger partial charge in [-0.2, -0.15) is 0 Å². The second-order valence-electron chi connectivity index (χ2n) is 4.54. The van der Waals surface area contributed by atoms with Gasteiger partial charge in [0.05, 0.1) is 0 Å². The summed E-state index contributed by atoms with van der Waals surface area (Å²) in [7, 11) is 0. The Kier molecular flexibility index (Phi) is 5.89. The van der Waals surface area contributed by atoms with Crippen LogP contribution in [-0.4, -0.2) is 19.6 Å². The number of hydrogen-bond donors (Lipinski definition) is 1. The number of unbranched alkanes of at least 4 members (excludes halogenated alkanes) is 3. The first-order chi connectivity index (χ1) is 8.67. The third kappa shape index (κ3) is 3.12. The molecule has 0 unspecified atom stereocenters. The van der Waals surface area contributed by atoms with E-state index < -0.39 is 0 Å². The highest BCUT2D eigenvalue weighted by atomic mass is 16.2. The van der Waals surface area contributed by atoms with Crippen molar-refractivity contribution in [1.82, 2.24) is 0 Å². The van der Waals surface area contributed by atoms with E-state index in [1.807, 2.05) is 18.7 Å². The molecule has 0 radical (unpaired) electrons. The van der Waals surface area contributed by atoms with Crippen molar-refractivity contribution in [2.45, 2.75) is 46.5 Å². The summed E-state index contributed by atoms with van der Waals surface area (Å²) >= 11 is 0. The largest absolute Gasteiger partial charge is 0.380 e. The van der Waals surface area contributed by atoms with Crippen molar-refractivity contribution in [3.8, 4) is 0 Å². The standard InChI is InChI=1S/C14H24N2O2/c1-4-7-8-9-10-15-11-12(14(18)13(11)17)16(5-2)6-3/h15H,4-10H2,1-3H3. The average Bonchev–Trinajstić information content (AvgIpc) is 2.40. The molecule has 0 bridgehead atoms. The summed E-state index contributed by atoms with van der Waals surface area (Å²) in [6.07, 6.45) is 4.63. The molecule has 1 N–H and O–H groups in total. The van der Waals surface area contributed by atoms with E-state index in [0.29, 0.717) is 11.4 Å². The van der Waals surface area contributed by atoms with Gasteiger partial charge in [-0.1, -0.05) is 26.2 Å². The first-order valence-corrected chi connectivity index (χ1v) is 6.99. The minimum absolute atomic E-state index is 0.338. The van der Waals surface area contributed by atoms with Gasteiger partial charge in [-0.15, -0.1) is 0 Å². The maximum absolute atomic E-state index is 11.6. The molecule has 0 saturated carbocycles. The Hall–Kier alpha value is -1.32. The van der Waals surface area contributed by atoms with Crippen molar-refractivity contribution >= 4 is 11.4 Å². The molecule has 4 heteroatoms. The normalized spacial score (nSPS) is 10.8. The van der Waals surface area contributed by atoms with Crippen molar-refractivity contribution in [3.05, 3.63) is 20.4 Å². The van der Waals surface area contributed by atoms with Gasteiger partial charge in [-0.3, -0.25) is 9.59 Å². The molecule has 4 nitrogen and oxygen atoms in total. The molecule has 1 rings (SSSR count). The fourth-order valence-electron chi connectivity index (χ4n) is 2.15. The molecular weight excluding hydrogens is 228 g/mol. The summed E-state index contributed by atoms with van der Waals surface area (Å²) < 4.78 is 0. The molecule has 0 atom stereocenters. The van der Waals surface area contributed by atoms with E-state index in [1.165, 1.54) is 19.3 Å². The van der Waals surface area contributed by atoms with Gasteiger partial charge in [-0.25, -0.2) is 0 Å². The smallest absolute Gasteiger partial charge is 0.253 e. The van der Waals surface area contributed by atoms with Gasteiger partial charge < -0.3 is 10.2 Å². The first kappa shape index (κ1) is 14.7. The second kappa shape index (κ2) is 7.19. The Balaban J connectivity index is 2.58. The van der Waals surface area contributed by atoms with Crippen LogP contribution >= 0.6 is 0 Å². The lowest BCUT2D eigenvalue weighted by molar-refractivity contribution is 0.684. The van der Waals surface area contributed by atoms with Gasteiger partial charge in [0.25, 0.3) is 10.9 Å². The monoisotopic (exact) mass is 252 g/mol. The molecule has 0 aromatic heterocycles. The van der Waals surface area contributed by atoms with E-state index in [0.717, 1.165) is 26.1 Å². The zero-order valence-electron chi connectivity index (χ0n) is 11.7. The number of rotatable bonds is 9. The summed E-state index contributed by atoms with van der Waals surface area (Å²) in [5.41, 5.74) is 0.419. The molecule has 18 heavy (non-hydrogen) atoms. The second-order valence-corrected chi connectivity index (χ2v) is 4.54. The zero-order chi connectivity index (χ0) is 13.5. The highest BCUT2D eigenvalue weighted by Crippen LogP contribution is 2.19. The van der Waals surface area contributed by atoms with Crippen molar-refractivity contribution in [2.75, 3.05) is 29.9 Å². The molecule has 0 amide bonds. The lowest BCUT2D eigenvalue weighted by Gasteiger charge is -2.25. The van der Waals surface area contributed by atoms with Crippen LogP contribution < -0.4 is 21.1 Å². The van der Waals surface area contributed by atoms with E-state index in [2.05, 4.69) is 12.2 Å². The molecule has 0 aliphatic carbocycles. The van der Waals surface area contributed by atoms with Gasteiger partial charge in [0, 0.05) is 19.6 Å². The summed E-state index contributed by atoms with van der Waals surface area (Å²) in [6, 6.07) is 0. The van der Waals surface area contributed by atoms with Crippen molar-refractivity contribution in [1.29, 1.82) is 0 Å². The van der Waals surface area contributed by atoms with Crippen LogP contribution in [0.15, 0.2) is 9.59 Å². The Labute approximate surface area is 109 Å². The van der Waals surface area contributed by atoms with Crippen LogP contribution in [0.4, 0.5) is 11.4 Å². The lowest BCUT2D eigenvalue weighted by atomic mass is 10.1. The Morgan fingerprint density at radius 3 is 2.17 bits per heavy atom. The molecule has 0 aliphatic heterocycles. The maximum Gasteiger partial charge on any atom is 0.253 e. The quantitative estimate of drug-likeness (QED) is 0.540. The van der Waals surface area contributed by atoms with Crippen LogP contribution in [0.25, 0.3) is 0 Å². The van der Waals surface area contributed by atoms with E-state index >= 15 is 0 Å². The summed E-state index contributed by atoms with van der Waals surface area (Å²) in [5, 5.41) is 3.12. The molecule has 0 heterocycles. The number of hydrogen-bond acceptors (Lipinski definition) is 4. The van der Waals surface area contributed by atoms with Crippen LogP contribution in [0.3, 0.4) is 0 Å². The van der Waals surface area contributed by atoms with Gasteiger partial charge in [-0.05, 0) is 20.3 Å². The molecule has 0 spiro atoms. The van der Waals surface area contributed by atoms with Gasteiger partial charge in [0.15, 0.2) is 0 Å². The van der Waals surface area contributed by atoms with Gasteiger partial charge >= 0.3 is 0 Å². The molecular formula is C14H24N2O2. The molecule has 0 fully saturated rings. The summed E-state index contributed by atoms with van der Waals surface area (Å²) in [4.78, 5) is 25.1. The average molecular weight is 252 g/mol. The number of anilines is 2. The Morgan fingerprint density at radius 1 is 0.944 bits per heavy atom. The summed E-state index contributed by atoms with van der Waals surface area (Å²) in [5.74, 6) is 0. The van der Waals surface area contributed by atoms with Crippen LogP contribution in [-0.2, 0) is 0 Å². The van der Waals surface area contributed by atoms with E-state index in [4.69, 9.17) is 0 Å². The van der Waals surface area contributed by atoms with E-state index in [9.17, 15) is 9.59 Å². The fourth-order valence-corrected chi connectivity index (χ4v) is 2.15. The van der Waals surface area contributed by atoms with Crippen molar-refractivity contribution in [3.63, 3.8) is 0 Å². The molecule has 0 saturated heterocycles.